The van der Waals surface area contributed by atoms with E-state index in [4.69, 9.17) is 4.98 Å². The highest BCUT2D eigenvalue weighted by atomic mass is 15.0. The van der Waals surface area contributed by atoms with Crippen LogP contribution in [0.25, 0.3) is 32.8 Å². The molecule has 0 unspecified atom stereocenters. The van der Waals surface area contributed by atoms with Gasteiger partial charge in [0.1, 0.15) is 5.65 Å². The highest BCUT2D eigenvalue weighted by molar-refractivity contribution is 6.12. The quantitative estimate of drug-likeness (QED) is 0.486. The third-order valence-electron chi connectivity index (χ3n) is 4.86. The molecule has 0 spiro atoms. The van der Waals surface area contributed by atoms with Crippen LogP contribution in [-0.2, 0) is 13.5 Å². The number of aryl methyl sites for hydroxylation is 3. The van der Waals surface area contributed by atoms with Gasteiger partial charge in [-0.05, 0) is 43.5 Å². The molecule has 2 aromatic heterocycles. The monoisotopic (exact) mass is 302 g/mol. The van der Waals surface area contributed by atoms with Crippen molar-refractivity contribution in [2.24, 2.45) is 7.05 Å². The number of hydrogen-bond donors (Lipinski definition) is 0. The van der Waals surface area contributed by atoms with Crippen molar-refractivity contribution in [2.45, 2.75) is 33.1 Å². The second-order valence-electron chi connectivity index (χ2n) is 6.49. The number of pyridine rings is 1. The highest BCUT2D eigenvalue weighted by Gasteiger charge is 2.16. The van der Waals surface area contributed by atoms with E-state index in [1.807, 2.05) is 0 Å². The highest BCUT2D eigenvalue weighted by Crippen LogP contribution is 2.34. The minimum atomic E-state index is 1.11. The third-order valence-corrected chi connectivity index (χ3v) is 4.86. The van der Waals surface area contributed by atoms with Crippen molar-refractivity contribution in [1.82, 2.24) is 9.55 Å². The SMILES string of the molecule is CCCCc1c2cc(C)ccc2nc2c1c1ccccc1n2C. The number of para-hydroxylation sites is 1. The summed E-state index contributed by atoms with van der Waals surface area (Å²) in [6.07, 6.45) is 3.54. The van der Waals surface area contributed by atoms with Crippen LogP contribution in [0.15, 0.2) is 42.5 Å². The zero-order chi connectivity index (χ0) is 16.0. The maximum Gasteiger partial charge on any atom is 0.141 e. The van der Waals surface area contributed by atoms with E-state index in [1.165, 1.54) is 45.6 Å². The van der Waals surface area contributed by atoms with Crippen LogP contribution in [0.1, 0.15) is 30.9 Å². The number of rotatable bonds is 3. The van der Waals surface area contributed by atoms with E-state index < -0.39 is 0 Å². The largest absolute Gasteiger partial charge is 0.328 e. The molecule has 4 rings (SSSR count). The summed E-state index contributed by atoms with van der Waals surface area (Å²) in [5, 5.41) is 3.99. The summed E-state index contributed by atoms with van der Waals surface area (Å²) in [6.45, 7) is 4.42. The van der Waals surface area contributed by atoms with Gasteiger partial charge in [-0.25, -0.2) is 4.98 Å². The first kappa shape index (κ1) is 14.3. The molecule has 2 heterocycles. The fourth-order valence-electron chi connectivity index (χ4n) is 3.66. The first-order valence-electron chi connectivity index (χ1n) is 8.47. The molecule has 4 aromatic rings. The summed E-state index contributed by atoms with van der Waals surface area (Å²) < 4.78 is 2.24. The van der Waals surface area contributed by atoms with Gasteiger partial charge in [-0.3, -0.25) is 0 Å². The molecule has 0 fully saturated rings. The van der Waals surface area contributed by atoms with E-state index in [2.05, 4.69) is 67.9 Å². The van der Waals surface area contributed by atoms with E-state index in [0.717, 1.165) is 17.6 Å². The smallest absolute Gasteiger partial charge is 0.141 e. The molecule has 0 amide bonds. The van der Waals surface area contributed by atoms with E-state index in [1.54, 1.807) is 0 Å². The van der Waals surface area contributed by atoms with Gasteiger partial charge in [-0.2, -0.15) is 0 Å². The molecule has 116 valence electrons. The Labute approximate surface area is 136 Å². The summed E-state index contributed by atoms with van der Waals surface area (Å²) in [7, 11) is 2.13. The van der Waals surface area contributed by atoms with Crippen LogP contribution in [0.4, 0.5) is 0 Å². The predicted molar refractivity (Wildman–Crippen MR) is 99.1 cm³/mol. The summed E-state index contributed by atoms with van der Waals surface area (Å²) in [4.78, 5) is 4.99. The van der Waals surface area contributed by atoms with E-state index in [-0.39, 0.29) is 0 Å². The minimum Gasteiger partial charge on any atom is -0.328 e. The van der Waals surface area contributed by atoms with Crippen molar-refractivity contribution in [1.29, 1.82) is 0 Å². The lowest BCUT2D eigenvalue weighted by atomic mass is 9.97. The van der Waals surface area contributed by atoms with Crippen molar-refractivity contribution in [3.05, 3.63) is 53.6 Å². The van der Waals surface area contributed by atoms with Gasteiger partial charge in [0.05, 0.1) is 11.0 Å². The van der Waals surface area contributed by atoms with Gasteiger partial charge in [-0.1, -0.05) is 43.2 Å². The Kier molecular flexibility index (Phi) is 3.33. The Morgan fingerprint density at radius 1 is 1.04 bits per heavy atom. The van der Waals surface area contributed by atoms with Gasteiger partial charge in [0.2, 0.25) is 0 Å². The molecule has 0 atom stereocenters. The van der Waals surface area contributed by atoms with Crippen LogP contribution in [-0.4, -0.2) is 9.55 Å². The van der Waals surface area contributed by atoms with Crippen molar-refractivity contribution in [2.75, 3.05) is 0 Å². The van der Waals surface area contributed by atoms with Gasteiger partial charge in [-0.15, -0.1) is 0 Å². The first-order valence-corrected chi connectivity index (χ1v) is 8.47. The summed E-state index contributed by atoms with van der Waals surface area (Å²) in [5.41, 5.74) is 6.25. The molecule has 0 aliphatic carbocycles. The summed E-state index contributed by atoms with van der Waals surface area (Å²) in [6, 6.07) is 15.3. The minimum absolute atomic E-state index is 1.11. The average Bonchev–Trinajstić information content (AvgIpc) is 2.85. The van der Waals surface area contributed by atoms with Gasteiger partial charge >= 0.3 is 0 Å². The molecule has 2 aromatic carbocycles. The Balaban J connectivity index is 2.22. The second-order valence-corrected chi connectivity index (χ2v) is 6.49. The van der Waals surface area contributed by atoms with E-state index in [9.17, 15) is 0 Å². The molecule has 2 heteroatoms. The van der Waals surface area contributed by atoms with Gasteiger partial charge < -0.3 is 4.57 Å². The number of unbranched alkanes of at least 4 members (excludes halogenated alkanes) is 1. The molecular formula is C21H22N2. The lowest BCUT2D eigenvalue weighted by Gasteiger charge is -2.10. The zero-order valence-electron chi connectivity index (χ0n) is 14.1. The fourth-order valence-corrected chi connectivity index (χ4v) is 3.66. The summed E-state index contributed by atoms with van der Waals surface area (Å²) in [5.74, 6) is 0. The summed E-state index contributed by atoms with van der Waals surface area (Å²) >= 11 is 0. The molecule has 0 aliphatic heterocycles. The number of benzene rings is 2. The fraction of sp³-hybridized carbons (Fsp3) is 0.286. The maximum absolute atomic E-state index is 4.99. The molecular weight excluding hydrogens is 280 g/mol. The standard InChI is InChI=1S/C21H22N2/c1-4-5-8-15-17-13-14(2)11-12-18(17)22-21-20(15)16-9-6-7-10-19(16)23(21)3/h6-7,9-13H,4-5,8H2,1-3H3. The normalized spacial score (nSPS) is 11.8. The number of hydrogen-bond acceptors (Lipinski definition) is 1. The Morgan fingerprint density at radius 2 is 1.87 bits per heavy atom. The topological polar surface area (TPSA) is 17.8 Å². The molecule has 0 bridgehead atoms. The van der Waals surface area contributed by atoms with E-state index >= 15 is 0 Å². The lowest BCUT2D eigenvalue weighted by Crippen LogP contribution is -1.95. The van der Waals surface area contributed by atoms with Crippen LogP contribution < -0.4 is 0 Å². The third kappa shape index (κ3) is 2.13. The van der Waals surface area contributed by atoms with Crippen molar-refractivity contribution in [3.8, 4) is 0 Å². The van der Waals surface area contributed by atoms with Crippen LogP contribution >= 0.6 is 0 Å². The predicted octanol–water partition coefficient (Wildman–Crippen LogP) is 5.53. The van der Waals surface area contributed by atoms with Crippen molar-refractivity contribution in [3.63, 3.8) is 0 Å². The van der Waals surface area contributed by atoms with Gasteiger partial charge in [0.15, 0.2) is 0 Å². The molecule has 0 radical (unpaired) electrons. The van der Waals surface area contributed by atoms with E-state index in [0.29, 0.717) is 0 Å². The Morgan fingerprint density at radius 3 is 2.70 bits per heavy atom. The Bertz CT molecular complexity index is 1020. The molecule has 23 heavy (non-hydrogen) atoms. The van der Waals surface area contributed by atoms with Crippen LogP contribution in [0.2, 0.25) is 0 Å². The molecule has 0 saturated carbocycles. The molecule has 0 aliphatic rings. The number of nitrogens with zero attached hydrogens (tertiary/aromatic N) is 2. The maximum atomic E-state index is 4.99. The Hall–Kier alpha value is -2.35. The van der Waals surface area contributed by atoms with Crippen molar-refractivity contribution < 1.29 is 0 Å². The number of fused-ring (bicyclic) bond motifs is 4. The van der Waals surface area contributed by atoms with Gasteiger partial charge in [0, 0.05) is 23.2 Å². The molecule has 0 saturated heterocycles. The second kappa shape index (κ2) is 5.38. The van der Waals surface area contributed by atoms with Gasteiger partial charge in [0.25, 0.3) is 0 Å². The lowest BCUT2D eigenvalue weighted by molar-refractivity contribution is 0.802. The van der Waals surface area contributed by atoms with Crippen LogP contribution in [0, 0.1) is 6.92 Å². The zero-order valence-corrected chi connectivity index (χ0v) is 14.1. The van der Waals surface area contributed by atoms with Crippen LogP contribution in [0.3, 0.4) is 0 Å². The molecule has 2 nitrogen and oxygen atoms in total. The first-order chi connectivity index (χ1) is 11.2. The number of aromatic nitrogens is 2. The average molecular weight is 302 g/mol. The van der Waals surface area contributed by atoms with Crippen molar-refractivity contribution >= 4 is 32.8 Å². The van der Waals surface area contributed by atoms with Crippen LogP contribution in [0.5, 0.6) is 0 Å². The molecule has 0 N–H and O–H groups in total.